The maximum atomic E-state index is 11.8. The van der Waals surface area contributed by atoms with E-state index in [2.05, 4.69) is 5.32 Å². The fourth-order valence-electron chi connectivity index (χ4n) is 1.57. The van der Waals surface area contributed by atoms with Crippen LogP contribution in [-0.2, 0) is 9.84 Å². The third-order valence-electron chi connectivity index (χ3n) is 2.61. The Hall–Kier alpha value is -1.40. The Morgan fingerprint density at radius 1 is 1.42 bits per heavy atom. The normalized spacial score (nSPS) is 13.0. The molecule has 0 aliphatic heterocycles. The number of rotatable bonds is 6. The van der Waals surface area contributed by atoms with Gasteiger partial charge in [0.2, 0.25) is 0 Å². The average Bonchev–Trinajstić information content (AvgIpc) is 2.33. The zero-order valence-electron chi connectivity index (χ0n) is 11.1. The van der Waals surface area contributed by atoms with E-state index >= 15 is 0 Å². The van der Waals surface area contributed by atoms with Crippen LogP contribution in [0.5, 0.6) is 0 Å². The smallest absolute Gasteiger partial charge is 0.251 e. The summed E-state index contributed by atoms with van der Waals surface area (Å²) in [7, 11) is -3.31. The van der Waals surface area contributed by atoms with Crippen LogP contribution in [0.2, 0.25) is 0 Å². The molecule has 0 bridgehead atoms. The summed E-state index contributed by atoms with van der Waals surface area (Å²) < 4.78 is 22.8. The van der Waals surface area contributed by atoms with E-state index < -0.39 is 9.84 Å². The number of hydrogen-bond acceptors (Lipinski definition) is 4. The van der Waals surface area contributed by atoms with E-state index in [1.807, 2.05) is 0 Å². The minimum Gasteiger partial charge on any atom is -0.393 e. The number of sulfone groups is 1. The molecule has 5 nitrogen and oxygen atoms in total. The predicted molar refractivity (Wildman–Crippen MR) is 72.8 cm³/mol. The molecule has 0 heterocycles. The van der Waals surface area contributed by atoms with Gasteiger partial charge in [-0.15, -0.1) is 0 Å². The molecule has 0 saturated carbocycles. The number of benzene rings is 1. The summed E-state index contributed by atoms with van der Waals surface area (Å²) in [4.78, 5) is 11.9. The molecule has 0 spiro atoms. The summed E-state index contributed by atoms with van der Waals surface area (Å²) in [6.45, 7) is 2.14. The molecular formula is C13H19NO4S. The van der Waals surface area contributed by atoms with Gasteiger partial charge < -0.3 is 10.4 Å². The van der Waals surface area contributed by atoms with E-state index in [0.717, 1.165) is 6.26 Å². The molecule has 0 aliphatic carbocycles. The molecule has 1 unspecified atom stereocenters. The first-order valence-corrected chi connectivity index (χ1v) is 7.96. The zero-order chi connectivity index (χ0) is 14.5. The highest BCUT2D eigenvalue weighted by atomic mass is 32.2. The summed E-state index contributed by atoms with van der Waals surface area (Å²) in [5, 5.41) is 11.8. The number of hydrogen-bond donors (Lipinski definition) is 2. The molecule has 1 atom stereocenters. The number of aliphatic hydroxyl groups is 1. The molecule has 0 fully saturated rings. The van der Waals surface area contributed by atoms with Gasteiger partial charge in [-0.1, -0.05) is 6.07 Å². The van der Waals surface area contributed by atoms with Crippen LogP contribution in [0.4, 0.5) is 0 Å². The molecule has 1 aromatic rings. The summed E-state index contributed by atoms with van der Waals surface area (Å²) in [5.74, 6) is -0.309. The Morgan fingerprint density at radius 2 is 2.11 bits per heavy atom. The van der Waals surface area contributed by atoms with Gasteiger partial charge in [-0.3, -0.25) is 4.79 Å². The van der Waals surface area contributed by atoms with Crippen molar-refractivity contribution in [2.45, 2.75) is 30.8 Å². The van der Waals surface area contributed by atoms with Crippen LogP contribution in [0.3, 0.4) is 0 Å². The van der Waals surface area contributed by atoms with Crippen molar-refractivity contribution >= 4 is 15.7 Å². The fraction of sp³-hybridized carbons (Fsp3) is 0.462. The molecule has 19 heavy (non-hydrogen) atoms. The van der Waals surface area contributed by atoms with Crippen LogP contribution in [0, 0.1) is 0 Å². The number of carbonyl (C=O) groups excluding carboxylic acids is 1. The van der Waals surface area contributed by atoms with Gasteiger partial charge in [-0.25, -0.2) is 8.42 Å². The second-order valence-corrected chi connectivity index (χ2v) is 6.56. The highest BCUT2D eigenvalue weighted by Gasteiger charge is 2.11. The van der Waals surface area contributed by atoms with Gasteiger partial charge in [0.05, 0.1) is 11.0 Å². The van der Waals surface area contributed by atoms with E-state index in [1.54, 1.807) is 19.1 Å². The summed E-state index contributed by atoms with van der Waals surface area (Å²) in [6.07, 6.45) is 2.01. The molecule has 1 rings (SSSR count). The maximum absolute atomic E-state index is 11.8. The second kappa shape index (κ2) is 6.68. The number of aliphatic hydroxyl groups excluding tert-OH is 1. The fourth-order valence-corrected chi connectivity index (χ4v) is 2.24. The van der Waals surface area contributed by atoms with Gasteiger partial charge >= 0.3 is 0 Å². The van der Waals surface area contributed by atoms with Gasteiger partial charge in [0.1, 0.15) is 0 Å². The number of nitrogens with one attached hydrogen (secondary N) is 1. The van der Waals surface area contributed by atoms with Crippen molar-refractivity contribution in [1.82, 2.24) is 5.32 Å². The molecule has 0 radical (unpaired) electrons. The zero-order valence-corrected chi connectivity index (χ0v) is 11.9. The second-order valence-electron chi connectivity index (χ2n) is 4.55. The quantitative estimate of drug-likeness (QED) is 0.763. The number of amides is 1. The van der Waals surface area contributed by atoms with E-state index in [4.69, 9.17) is 5.11 Å². The lowest BCUT2D eigenvalue weighted by Crippen LogP contribution is -2.25. The molecule has 1 amide bonds. The minimum atomic E-state index is -3.31. The Labute approximate surface area is 113 Å². The third kappa shape index (κ3) is 5.40. The highest BCUT2D eigenvalue weighted by Crippen LogP contribution is 2.11. The van der Waals surface area contributed by atoms with Crippen molar-refractivity contribution in [1.29, 1.82) is 0 Å². The van der Waals surface area contributed by atoms with Crippen molar-refractivity contribution in [2.75, 3.05) is 12.8 Å². The van der Waals surface area contributed by atoms with E-state index in [-0.39, 0.29) is 16.9 Å². The average molecular weight is 285 g/mol. The summed E-state index contributed by atoms with van der Waals surface area (Å²) in [5.41, 5.74) is 0.319. The lowest BCUT2D eigenvalue weighted by Gasteiger charge is -2.07. The first-order chi connectivity index (χ1) is 8.80. The Bertz CT molecular complexity index is 537. The molecular weight excluding hydrogens is 266 g/mol. The molecule has 6 heteroatoms. The van der Waals surface area contributed by atoms with E-state index in [9.17, 15) is 13.2 Å². The standard InChI is InChI=1S/C13H19NO4S/c1-10(15)5-4-8-14-13(16)11-6-3-7-12(9-11)19(2,17)18/h3,6-7,9-10,15H,4-5,8H2,1-2H3,(H,14,16). The van der Waals surface area contributed by atoms with Crippen LogP contribution in [0.25, 0.3) is 0 Å². The third-order valence-corrected chi connectivity index (χ3v) is 3.72. The van der Waals surface area contributed by atoms with Crippen molar-refractivity contribution in [3.05, 3.63) is 29.8 Å². The van der Waals surface area contributed by atoms with E-state index in [0.29, 0.717) is 24.9 Å². The largest absolute Gasteiger partial charge is 0.393 e. The Kier molecular flexibility index (Phi) is 5.50. The van der Waals surface area contributed by atoms with Crippen molar-refractivity contribution < 1.29 is 18.3 Å². The molecule has 0 aromatic heterocycles. The summed E-state index contributed by atoms with van der Waals surface area (Å²) >= 11 is 0. The topological polar surface area (TPSA) is 83.5 Å². The van der Waals surface area contributed by atoms with Crippen molar-refractivity contribution in [2.24, 2.45) is 0 Å². The Balaban J connectivity index is 2.63. The van der Waals surface area contributed by atoms with Crippen molar-refractivity contribution in [3.63, 3.8) is 0 Å². The van der Waals surface area contributed by atoms with Crippen LogP contribution in [0.15, 0.2) is 29.2 Å². The monoisotopic (exact) mass is 285 g/mol. The molecule has 106 valence electrons. The molecule has 0 aliphatic rings. The Morgan fingerprint density at radius 3 is 2.68 bits per heavy atom. The maximum Gasteiger partial charge on any atom is 0.251 e. The minimum absolute atomic E-state index is 0.129. The predicted octanol–water partition coefficient (Wildman–Crippen LogP) is 0.981. The first kappa shape index (κ1) is 15.7. The molecule has 0 saturated heterocycles. The van der Waals surface area contributed by atoms with Crippen molar-refractivity contribution in [3.8, 4) is 0 Å². The lowest BCUT2D eigenvalue weighted by atomic mass is 10.2. The summed E-state index contributed by atoms with van der Waals surface area (Å²) in [6, 6.07) is 5.93. The van der Waals surface area contributed by atoms with Crippen LogP contribution >= 0.6 is 0 Å². The lowest BCUT2D eigenvalue weighted by molar-refractivity contribution is 0.0949. The van der Waals surface area contributed by atoms with Crippen LogP contribution in [-0.4, -0.2) is 38.3 Å². The van der Waals surface area contributed by atoms with Gasteiger partial charge in [0.25, 0.3) is 5.91 Å². The van der Waals surface area contributed by atoms with Gasteiger partial charge in [0.15, 0.2) is 9.84 Å². The first-order valence-electron chi connectivity index (χ1n) is 6.07. The SMILES string of the molecule is CC(O)CCCNC(=O)c1cccc(S(C)(=O)=O)c1. The van der Waals surface area contributed by atoms with Crippen LogP contribution in [0.1, 0.15) is 30.1 Å². The van der Waals surface area contributed by atoms with Crippen LogP contribution < -0.4 is 5.32 Å². The van der Waals surface area contributed by atoms with E-state index in [1.165, 1.54) is 12.1 Å². The molecule has 1 aromatic carbocycles. The number of carbonyl (C=O) groups is 1. The highest BCUT2D eigenvalue weighted by molar-refractivity contribution is 7.90. The molecule has 2 N–H and O–H groups in total. The van der Waals surface area contributed by atoms with Gasteiger partial charge in [0, 0.05) is 18.4 Å². The van der Waals surface area contributed by atoms with Gasteiger partial charge in [-0.2, -0.15) is 0 Å². The van der Waals surface area contributed by atoms with Gasteiger partial charge in [-0.05, 0) is 38.0 Å².